The number of imidazole rings is 1. The normalized spacial score (nSPS) is 14.3. The summed E-state index contributed by atoms with van der Waals surface area (Å²) in [7, 11) is 3.19. The van der Waals surface area contributed by atoms with Crippen LogP contribution in [0.5, 0.6) is 11.6 Å². The third kappa shape index (κ3) is 3.50. The molecule has 0 aliphatic carbocycles. The zero-order valence-corrected chi connectivity index (χ0v) is 15.9. The van der Waals surface area contributed by atoms with E-state index in [1.165, 1.54) is 0 Å². The highest BCUT2D eigenvalue weighted by Crippen LogP contribution is 2.27. The van der Waals surface area contributed by atoms with Gasteiger partial charge in [-0.25, -0.2) is 9.50 Å². The Morgan fingerprint density at radius 1 is 1.07 bits per heavy atom. The van der Waals surface area contributed by atoms with Gasteiger partial charge in [0, 0.05) is 24.7 Å². The van der Waals surface area contributed by atoms with Crippen molar-refractivity contribution in [3.8, 4) is 22.9 Å². The van der Waals surface area contributed by atoms with Gasteiger partial charge >= 0.3 is 0 Å². The fourth-order valence-corrected chi connectivity index (χ4v) is 3.28. The Morgan fingerprint density at radius 3 is 2.50 bits per heavy atom. The lowest BCUT2D eigenvalue weighted by molar-refractivity contribution is -0.134. The molecular weight excluding hydrogens is 360 g/mol. The highest BCUT2D eigenvalue weighted by Gasteiger charge is 2.23. The molecule has 0 radical (unpaired) electrons. The highest BCUT2D eigenvalue weighted by molar-refractivity contribution is 5.81. The molecule has 1 amide bonds. The quantitative estimate of drug-likeness (QED) is 0.670. The molecule has 1 fully saturated rings. The standard InChI is InChI=1S/C20H22N4O4/c1-26-15-5-3-14(4-6-15)20-16(13-19(25)23-9-11-28-12-10-23)24-17(21-20)7-8-18(22-24)27-2/h3-8H,9-13H2,1-2H3. The summed E-state index contributed by atoms with van der Waals surface area (Å²) in [6.07, 6.45) is 0.197. The van der Waals surface area contributed by atoms with Crippen LogP contribution in [0.15, 0.2) is 36.4 Å². The van der Waals surface area contributed by atoms with Gasteiger partial charge in [0.2, 0.25) is 11.8 Å². The molecule has 1 aliphatic rings. The van der Waals surface area contributed by atoms with Crippen LogP contribution in [0.1, 0.15) is 5.69 Å². The van der Waals surface area contributed by atoms with Gasteiger partial charge in [-0.2, -0.15) is 0 Å². The van der Waals surface area contributed by atoms with E-state index in [9.17, 15) is 4.79 Å². The SMILES string of the molecule is COc1ccc(-c2nc3ccc(OC)nn3c2CC(=O)N2CCOCC2)cc1. The average molecular weight is 382 g/mol. The summed E-state index contributed by atoms with van der Waals surface area (Å²) in [5.74, 6) is 1.26. The number of hydrogen-bond acceptors (Lipinski definition) is 6. The molecule has 4 rings (SSSR count). The van der Waals surface area contributed by atoms with Crippen molar-refractivity contribution in [2.75, 3.05) is 40.5 Å². The summed E-state index contributed by atoms with van der Waals surface area (Å²) in [4.78, 5) is 19.4. The first-order chi connectivity index (χ1) is 13.7. The largest absolute Gasteiger partial charge is 0.497 e. The number of rotatable bonds is 5. The van der Waals surface area contributed by atoms with Gasteiger partial charge in [-0.15, -0.1) is 5.10 Å². The third-order valence-corrected chi connectivity index (χ3v) is 4.80. The molecule has 3 heterocycles. The van der Waals surface area contributed by atoms with Crippen LogP contribution in [-0.2, 0) is 16.0 Å². The molecule has 8 nitrogen and oxygen atoms in total. The topological polar surface area (TPSA) is 78.2 Å². The molecule has 0 atom stereocenters. The molecule has 146 valence electrons. The summed E-state index contributed by atoms with van der Waals surface area (Å²) in [5.41, 5.74) is 3.02. The first-order valence-corrected chi connectivity index (χ1v) is 9.12. The Morgan fingerprint density at radius 2 is 1.82 bits per heavy atom. The minimum atomic E-state index is 0.0319. The van der Waals surface area contributed by atoms with E-state index < -0.39 is 0 Å². The van der Waals surface area contributed by atoms with Crippen LogP contribution in [0.25, 0.3) is 16.9 Å². The van der Waals surface area contributed by atoms with E-state index in [2.05, 4.69) is 5.10 Å². The van der Waals surface area contributed by atoms with Crippen molar-refractivity contribution >= 4 is 11.6 Å². The zero-order valence-electron chi connectivity index (χ0n) is 15.9. The van der Waals surface area contributed by atoms with Crippen LogP contribution in [0.3, 0.4) is 0 Å². The molecule has 3 aromatic rings. The molecule has 2 aromatic heterocycles. The molecule has 28 heavy (non-hydrogen) atoms. The third-order valence-electron chi connectivity index (χ3n) is 4.80. The van der Waals surface area contributed by atoms with E-state index in [4.69, 9.17) is 19.2 Å². The van der Waals surface area contributed by atoms with Crippen molar-refractivity contribution < 1.29 is 19.0 Å². The second-order valence-electron chi connectivity index (χ2n) is 6.45. The van der Waals surface area contributed by atoms with Crippen LogP contribution < -0.4 is 9.47 Å². The molecule has 0 spiro atoms. The van der Waals surface area contributed by atoms with Gasteiger partial charge in [-0.3, -0.25) is 4.79 Å². The van der Waals surface area contributed by atoms with Crippen molar-refractivity contribution in [2.24, 2.45) is 0 Å². The molecule has 1 aliphatic heterocycles. The average Bonchev–Trinajstić information content (AvgIpc) is 3.11. The smallest absolute Gasteiger partial charge is 0.231 e. The second kappa shape index (κ2) is 7.85. The van der Waals surface area contributed by atoms with Gasteiger partial charge in [0.1, 0.15) is 5.75 Å². The van der Waals surface area contributed by atoms with Gasteiger partial charge in [0.15, 0.2) is 5.65 Å². The molecule has 0 N–H and O–H groups in total. The highest BCUT2D eigenvalue weighted by atomic mass is 16.5. The summed E-state index contributed by atoms with van der Waals surface area (Å²) in [6, 6.07) is 11.2. The van der Waals surface area contributed by atoms with Crippen LogP contribution in [-0.4, -0.2) is 65.9 Å². The number of aromatic nitrogens is 3. The maximum absolute atomic E-state index is 12.9. The predicted molar refractivity (Wildman–Crippen MR) is 103 cm³/mol. The van der Waals surface area contributed by atoms with Gasteiger partial charge in [-0.1, -0.05) is 0 Å². The van der Waals surface area contributed by atoms with Crippen molar-refractivity contribution in [3.05, 3.63) is 42.1 Å². The Balaban J connectivity index is 1.76. The molecule has 1 saturated heterocycles. The number of morpholine rings is 1. The molecule has 1 aromatic carbocycles. The Kier molecular flexibility index (Phi) is 5.12. The van der Waals surface area contributed by atoms with Crippen molar-refractivity contribution in [2.45, 2.75) is 6.42 Å². The number of amides is 1. The van der Waals surface area contributed by atoms with Gasteiger partial charge in [-0.05, 0) is 30.3 Å². The molecule has 8 heteroatoms. The van der Waals surface area contributed by atoms with E-state index in [1.807, 2.05) is 35.2 Å². The maximum Gasteiger partial charge on any atom is 0.231 e. The van der Waals surface area contributed by atoms with Crippen LogP contribution in [0.2, 0.25) is 0 Å². The number of carbonyl (C=O) groups excluding carboxylic acids is 1. The van der Waals surface area contributed by atoms with Crippen molar-refractivity contribution in [1.82, 2.24) is 19.5 Å². The lowest BCUT2D eigenvalue weighted by Gasteiger charge is -2.26. The first-order valence-electron chi connectivity index (χ1n) is 9.12. The molecular formula is C20H22N4O4. The number of carbonyl (C=O) groups is 1. The number of fused-ring (bicyclic) bond motifs is 1. The number of methoxy groups -OCH3 is 2. The number of hydrogen-bond donors (Lipinski definition) is 0. The fraction of sp³-hybridized carbons (Fsp3) is 0.350. The van der Waals surface area contributed by atoms with Crippen LogP contribution >= 0.6 is 0 Å². The minimum Gasteiger partial charge on any atom is -0.497 e. The van der Waals surface area contributed by atoms with Crippen molar-refractivity contribution in [1.29, 1.82) is 0 Å². The number of ether oxygens (including phenoxy) is 3. The van der Waals surface area contributed by atoms with E-state index in [0.717, 1.165) is 22.7 Å². The second-order valence-corrected chi connectivity index (χ2v) is 6.45. The van der Waals surface area contributed by atoms with E-state index in [-0.39, 0.29) is 12.3 Å². The number of benzene rings is 1. The van der Waals surface area contributed by atoms with Crippen LogP contribution in [0, 0.1) is 0 Å². The van der Waals surface area contributed by atoms with E-state index in [0.29, 0.717) is 37.8 Å². The van der Waals surface area contributed by atoms with Gasteiger partial charge < -0.3 is 19.1 Å². The summed E-state index contributed by atoms with van der Waals surface area (Å²) < 4.78 is 17.5. The maximum atomic E-state index is 12.9. The van der Waals surface area contributed by atoms with Crippen molar-refractivity contribution in [3.63, 3.8) is 0 Å². The van der Waals surface area contributed by atoms with Gasteiger partial charge in [0.25, 0.3) is 0 Å². The lowest BCUT2D eigenvalue weighted by atomic mass is 10.1. The molecule has 0 saturated carbocycles. The van der Waals surface area contributed by atoms with Gasteiger partial charge in [0.05, 0.1) is 45.2 Å². The Hall–Kier alpha value is -3.13. The lowest BCUT2D eigenvalue weighted by Crippen LogP contribution is -2.41. The first kappa shape index (κ1) is 18.2. The number of nitrogens with zero attached hydrogens (tertiary/aromatic N) is 4. The summed E-state index contributed by atoms with van der Waals surface area (Å²) >= 11 is 0. The van der Waals surface area contributed by atoms with E-state index >= 15 is 0 Å². The molecule has 0 unspecified atom stereocenters. The fourth-order valence-electron chi connectivity index (χ4n) is 3.28. The predicted octanol–water partition coefficient (Wildman–Crippen LogP) is 1.81. The minimum absolute atomic E-state index is 0.0319. The van der Waals surface area contributed by atoms with Crippen LogP contribution in [0.4, 0.5) is 0 Å². The summed E-state index contributed by atoms with van der Waals surface area (Å²) in [5, 5.41) is 4.48. The monoisotopic (exact) mass is 382 g/mol. The zero-order chi connectivity index (χ0) is 19.5. The van der Waals surface area contributed by atoms with E-state index in [1.54, 1.807) is 24.8 Å². The Bertz CT molecular complexity index is 978. The molecule has 0 bridgehead atoms. The summed E-state index contributed by atoms with van der Waals surface area (Å²) in [6.45, 7) is 2.33. The Labute approximate surface area is 162 Å².